The highest BCUT2D eigenvalue weighted by atomic mass is 35.5. The predicted molar refractivity (Wildman–Crippen MR) is 97.4 cm³/mol. The van der Waals surface area contributed by atoms with Crippen molar-refractivity contribution in [2.24, 2.45) is 0 Å². The highest BCUT2D eigenvalue weighted by Crippen LogP contribution is 2.21. The molecule has 0 spiro atoms. The average Bonchev–Trinajstić information content (AvgIpc) is 2.86. The smallest absolute Gasteiger partial charge is 0.269 e. The van der Waals surface area contributed by atoms with Gasteiger partial charge in [0, 0.05) is 16.6 Å². The maximum absolute atomic E-state index is 12.7. The van der Waals surface area contributed by atoms with Crippen molar-refractivity contribution in [3.63, 3.8) is 0 Å². The molecule has 0 aliphatic carbocycles. The molecule has 0 N–H and O–H groups in total. The molecule has 0 aliphatic heterocycles. The predicted octanol–water partition coefficient (Wildman–Crippen LogP) is 3.04. The third-order valence-electron chi connectivity index (χ3n) is 3.33. The summed E-state index contributed by atoms with van der Waals surface area (Å²) >= 11 is 13.2. The highest BCUT2D eigenvalue weighted by molar-refractivity contribution is 7.07. The van der Waals surface area contributed by atoms with Crippen molar-refractivity contribution < 1.29 is 0 Å². The van der Waals surface area contributed by atoms with E-state index in [2.05, 4.69) is 0 Å². The standard InChI is InChI=1S/C17H13Cl2N3OS/c1-2-3-6-22-16(23)15(24-17(22)12(9-20)10-21)7-11-4-5-13(18)8-14(11)19/h4-5,7-8H,2-3,6H2,1H3/b15-7+. The van der Waals surface area contributed by atoms with E-state index in [0.29, 0.717) is 31.3 Å². The lowest BCUT2D eigenvalue weighted by Crippen LogP contribution is -2.32. The van der Waals surface area contributed by atoms with Crippen LogP contribution in [0.3, 0.4) is 0 Å². The number of aromatic nitrogens is 1. The zero-order valence-corrected chi connectivity index (χ0v) is 15.2. The number of halogens is 2. The number of nitrogens with zero attached hydrogens (tertiary/aromatic N) is 3. The molecule has 0 bridgehead atoms. The van der Waals surface area contributed by atoms with Crippen LogP contribution in [0.1, 0.15) is 25.3 Å². The minimum absolute atomic E-state index is 0.0601. The van der Waals surface area contributed by atoms with Crippen molar-refractivity contribution in [1.82, 2.24) is 4.57 Å². The largest absolute Gasteiger partial charge is 0.297 e. The normalized spacial score (nSPS) is 11.1. The Balaban J connectivity index is 2.76. The first-order chi connectivity index (χ1) is 11.5. The van der Waals surface area contributed by atoms with Gasteiger partial charge < -0.3 is 0 Å². The highest BCUT2D eigenvalue weighted by Gasteiger charge is 2.09. The first-order valence-corrected chi connectivity index (χ1v) is 8.80. The Kier molecular flexibility index (Phi) is 6.23. The van der Waals surface area contributed by atoms with Gasteiger partial charge in [0.25, 0.3) is 5.56 Å². The van der Waals surface area contributed by atoms with Crippen LogP contribution in [-0.4, -0.2) is 4.57 Å². The monoisotopic (exact) mass is 377 g/mol. The van der Waals surface area contributed by atoms with E-state index in [1.54, 1.807) is 24.3 Å². The van der Waals surface area contributed by atoms with Crippen LogP contribution in [0.4, 0.5) is 0 Å². The van der Waals surface area contributed by atoms with E-state index in [4.69, 9.17) is 33.7 Å². The third kappa shape index (κ3) is 3.88. The van der Waals surface area contributed by atoms with E-state index in [1.807, 2.05) is 19.1 Å². The number of benzene rings is 1. The molecule has 24 heavy (non-hydrogen) atoms. The summed E-state index contributed by atoms with van der Waals surface area (Å²) in [5, 5.41) is 19.2. The Hall–Kier alpha value is -2.05. The number of hydrogen-bond acceptors (Lipinski definition) is 4. The van der Waals surface area contributed by atoms with Crippen LogP contribution < -0.4 is 14.8 Å². The van der Waals surface area contributed by atoms with Crippen molar-refractivity contribution in [2.75, 3.05) is 0 Å². The summed E-state index contributed by atoms with van der Waals surface area (Å²) in [7, 11) is 0. The van der Waals surface area contributed by atoms with Gasteiger partial charge in [0.2, 0.25) is 0 Å². The minimum Gasteiger partial charge on any atom is -0.297 e. The molecule has 0 saturated heterocycles. The molecule has 7 heteroatoms. The van der Waals surface area contributed by atoms with E-state index in [0.717, 1.165) is 24.2 Å². The van der Waals surface area contributed by atoms with Gasteiger partial charge in [-0.3, -0.25) is 9.36 Å². The Morgan fingerprint density at radius 3 is 2.62 bits per heavy atom. The fourth-order valence-corrected chi connectivity index (χ4v) is 3.64. The quantitative estimate of drug-likeness (QED) is 0.821. The molecule has 0 amide bonds. The number of thiazole rings is 1. The van der Waals surface area contributed by atoms with Crippen molar-refractivity contribution in [2.45, 2.75) is 26.3 Å². The van der Waals surface area contributed by atoms with E-state index < -0.39 is 0 Å². The minimum atomic E-state index is -0.225. The molecule has 0 atom stereocenters. The summed E-state index contributed by atoms with van der Waals surface area (Å²) in [6, 6.07) is 8.72. The van der Waals surface area contributed by atoms with Crippen molar-refractivity contribution >= 4 is 46.2 Å². The van der Waals surface area contributed by atoms with Gasteiger partial charge in [-0.25, -0.2) is 0 Å². The first kappa shape index (κ1) is 18.3. The first-order valence-electron chi connectivity index (χ1n) is 7.22. The number of nitriles is 2. The maximum Gasteiger partial charge on any atom is 0.269 e. The summed E-state index contributed by atoms with van der Waals surface area (Å²) in [5.74, 6) is 0. The second-order valence-corrected chi connectivity index (χ2v) is 6.86. The van der Waals surface area contributed by atoms with Crippen LogP contribution in [0.2, 0.25) is 10.0 Å². The summed E-state index contributed by atoms with van der Waals surface area (Å²) in [6.45, 7) is 2.48. The Bertz CT molecular complexity index is 1010. The number of hydrogen-bond donors (Lipinski definition) is 0. The van der Waals surface area contributed by atoms with Gasteiger partial charge in [-0.05, 0) is 30.2 Å². The Morgan fingerprint density at radius 2 is 2.04 bits per heavy atom. The lowest BCUT2D eigenvalue weighted by molar-refractivity contribution is 0.609. The molecule has 0 saturated carbocycles. The molecular weight excluding hydrogens is 365 g/mol. The second-order valence-electron chi connectivity index (χ2n) is 4.99. The van der Waals surface area contributed by atoms with Crippen LogP contribution in [-0.2, 0) is 6.54 Å². The number of rotatable bonds is 4. The molecule has 0 unspecified atom stereocenters. The zero-order valence-electron chi connectivity index (χ0n) is 12.8. The molecule has 1 aromatic carbocycles. The third-order valence-corrected chi connectivity index (χ3v) is 5.02. The second kappa shape index (κ2) is 8.17. The maximum atomic E-state index is 12.7. The molecule has 1 aromatic heterocycles. The van der Waals surface area contributed by atoms with Gasteiger partial charge in [-0.1, -0.05) is 42.6 Å². The number of unbranched alkanes of at least 4 members (excludes halogenated alkanes) is 1. The Labute approximate surface area is 153 Å². The molecule has 0 radical (unpaired) electrons. The van der Waals surface area contributed by atoms with Crippen LogP contribution in [0.25, 0.3) is 11.6 Å². The van der Waals surface area contributed by atoms with Crippen molar-refractivity contribution in [1.29, 1.82) is 10.5 Å². The van der Waals surface area contributed by atoms with Gasteiger partial charge >= 0.3 is 0 Å². The van der Waals surface area contributed by atoms with E-state index in [1.165, 1.54) is 4.57 Å². The van der Waals surface area contributed by atoms with E-state index in [-0.39, 0.29) is 11.1 Å². The summed E-state index contributed by atoms with van der Waals surface area (Å²) < 4.78 is 2.30. The molecule has 2 aromatic rings. The van der Waals surface area contributed by atoms with Crippen LogP contribution >= 0.6 is 34.5 Å². The van der Waals surface area contributed by atoms with Crippen molar-refractivity contribution in [3.8, 4) is 12.1 Å². The van der Waals surface area contributed by atoms with Gasteiger partial charge in [0.1, 0.15) is 16.8 Å². The molecule has 1 heterocycles. The summed E-state index contributed by atoms with van der Waals surface area (Å²) in [5.41, 5.74) is 0.372. The lowest BCUT2D eigenvalue weighted by atomic mass is 10.2. The molecule has 2 rings (SSSR count). The molecule has 0 fully saturated rings. The molecule has 0 aliphatic rings. The molecule has 122 valence electrons. The van der Waals surface area contributed by atoms with Gasteiger partial charge in [0.15, 0.2) is 5.57 Å². The van der Waals surface area contributed by atoms with Crippen molar-refractivity contribution in [3.05, 3.63) is 53.4 Å². The van der Waals surface area contributed by atoms with E-state index in [9.17, 15) is 4.79 Å². The zero-order chi connectivity index (χ0) is 17.7. The van der Waals surface area contributed by atoms with Crippen LogP contribution in [0.5, 0.6) is 0 Å². The fraction of sp³-hybridized carbons (Fsp3) is 0.235. The van der Waals surface area contributed by atoms with Gasteiger partial charge in [0.05, 0.1) is 4.53 Å². The molecule has 4 nitrogen and oxygen atoms in total. The van der Waals surface area contributed by atoms with Crippen LogP contribution in [0.15, 0.2) is 23.0 Å². The topological polar surface area (TPSA) is 69.6 Å². The lowest BCUT2D eigenvalue weighted by Gasteiger charge is -1.99. The molecular formula is C17H13Cl2N3OS. The Morgan fingerprint density at radius 1 is 1.33 bits per heavy atom. The van der Waals surface area contributed by atoms with Gasteiger partial charge in [-0.2, -0.15) is 10.5 Å². The summed E-state index contributed by atoms with van der Waals surface area (Å²) in [6.07, 6.45) is 3.34. The summed E-state index contributed by atoms with van der Waals surface area (Å²) in [4.78, 5) is 12.7. The fourth-order valence-electron chi connectivity index (χ4n) is 2.11. The van der Waals surface area contributed by atoms with Gasteiger partial charge in [-0.15, -0.1) is 11.3 Å². The SMILES string of the molecule is CCCCn1c(=C(C#N)C#N)s/c(=C/c2ccc(Cl)cc2Cl)c1=O. The van der Waals surface area contributed by atoms with Crippen LogP contribution in [0, 0.1) is 22.7 Å². The van der Waals surface area contributed by atoms with E-state index >= 15 is 0 Å². The average molecular weight is 378 g/mol.